The van der Waals surface area contributed by atoms with E-state index in [2.05, 4.69) is 31.5 Å². The van der Waals surface area contributed by atoms with Gasteiger partial charge in [0.1, 0.15) is 0 Å². The molecule has 7 heteroatoms. The Morgan fingerprint density at radius 3 is 2.67 bits per heavy atom. The molecule has 2 amide bonds. The summed E-state index contributed by atoms with van der Waals surface area (Å²) in [4.78, 5) is 27.9. The van der Waals surface area contributed by atoms with Gasteiger partial charge in [0.2, 0.25) is 5.91 Å². The van der Waals surface area contributed by atoms with Crippen molar-refractivity contribution in [2.24, 2.45) is 0 Å². The van der Waals surface area contributed by atoms with Crippen LogP contribution in [-0.2, 0) is 4.79 Å². The summed E-state index contributed by atoms with van der Waals surface area (Å²) in [6.07, 6.45) is 0. The average molecular weight is 404 g/mol. The maximum absolute atomic E-state index is 12.4. The number of rotatable bonds is 3. The Kier molecular flexibility index (Phi) is 4.64. The first-order valence-electron chi connectivity index (χ1n) is 7.18. The third-order valence-corrected chi connectivity index (χ3v) is 4.72. The van der Waals surface area contributed by atoms with Crippen molar-refractivity contribution in [1.29, 1.82) is 0 Å². The Morgan fingerprint density at radius 1 is 1.17 bits per heavy atom. The summed E-state index contributed by atoms with van der Waals surface area (Å²) in [5, 5.41) is 6.14. The molecule has 0 spiro atoms. The van der Waals surface area contributed by atoms with Crippen molar-refractivity contribution in [3.8, 4) is 0 Å². The van der Waals surface area contributed by atoms with Gasteiger partial charge in [0.25, 0.3) is 5.91 Å². The minimum atomic E-state index is -0.179. The molecule has 0 bridgehead atoms. The summed E-state index contributed by atoms with van der Waals surface area (Å²) in [7, 11) is 0. The molecule has 3 rings (SSSR count). The zero-order valence-electron chi connectivity index (χ0n) is 13.0. The maximum atomic E-state index is 12.4. The van der Waals surface area contributed by atoms with Crippen LogP contribution in [0.25, 0.3) is 10.2 Å². The molecular formula is C17H14BrN3O2S. The molecule has 5 nitrogen and oxygen atoms in total. The van der Waals surface area contributed by atoms with Gasteiger partial charge in [0.15, 0.2) is 5.13 Å². The van der Waals surface area contributed by atoms with Gasteiger partial charge in [-0.15, -0.1) is 0 Å². The van der Waals surface area contributed by atoms with Gasteiger partial charge in [-0.25, -0.2) is 4.98 Å². The smallest absolute Gasteiger partial charge is 0.255 e. The van der Waals surface area contributed by atoms with E-state index in [1.54, 1.807) is 12.1 Å². The van der Waals surface area contributed by atoms with Gasteiger partial charge < -0.3 is 10.6 Å². The Bertz CT molecular complexity index is 952. The number of hydrogen-bond donors (Lipinski definition) is 2. The topological polar surface area (TPSA) is 71.1 Å². The molecule has 1 heterocycles. The number of carbonyl (C=O) groups excluding carboxylic acids is 2. The van der Waals surface area contributed by atoms with Crippen molar-refractivity contribution < 1.29 is 9.59 Å². The normalized spacial score (nSPS) is 10.6. The molecule has 0 fully saturated rings. The highest BCUT2D eigenvalue weighted by molar-refractivity contribution is 9.10. The van der Waals surface area contributed by atoms with Gasteiger partial charge in [-0.1, -0.05) is 33.3 Å². The Balaban J connectivity index is 1.89. The van der Waals surface area contributed by atoms with Crippen LogP contribution in [0.15, 0.2) is 40.9 Å². The monoisotopic (exact) mass is 403 g/mol. The number of nitrogens with one attached hydrogen (secondary N) is 2. The number of fused-ring (bicyclic) bond motifs is 1. The number of thiazole rings is 1. The summed E-state index contributed by atoms with van der Waals surface area (Å²) < 4.78 is 1.76. The molecule has 0 saturated carbocycles. The summed E-state index contributed by atoms with van der Waals surface area (Å²) in [6, 6.07) is 10.9. The van der Waals surface area contributed by atoms with Crippen molar-refractivity contribution >= 4 is 60.1 Å². The van der Waals surface area contributed by atoms with Crippen LogP contribution in [0.3, 0.4) is 0 Å². The molecule has 0 aliphatic carbocycles. The Morgan fingerprint density at radius 2 is 1.96 bits per heavy atom. The van der Waals surface area contributed by atoms with Crippen LogP contribution in [0, 0.1) is 6.92 Å². The summed E-state index contributed by atoms with van der Waals surface area (Å²) in [6.45, 7) is 3.37. The minimum absolute atomic E-state index is 0.158. The quantitative estimate of drug-likeness (QED) is 0.672. The lowest BCUT2D eigenvalue weighted by atomic mass is 10.1. The number of carbonyl (C=O) groups is 2. The summed E-state index contributed by atoms with van der Waals surface area (Å²) in [5.41, 5.74) is 3.03. The number of aryl methyl sites for hydroxylation is 1. The number of amides is 2. The molecule has 122 valence electrons. The van der Waals surface area contributed by atoms with Crippen molar-refractivity contribution in [1.82, 2.24) is 4.98 Å². The molecule has 3 aromatic rings. The van der Waals surface area contributed by atoms with Crippen LogP contribution < -0.4 is 10.6 Å². The lowest BCUT2D eigenvalue weighted by molar-refractivity contribution is -0.114. The first-order valence-corrected chi connectivity index (χ1v) is 8.79. The van der Waals surface area contributed by atoms with Crippen molar-refractivity contribution in [2.75, 3.05) is 10.6 Å². The standard InChI is InChI=1S/C17H14BrN3O2S/c1-9-6-13(20-16(23)11-4-3-5-12(18)7-11)8-14-15(9)21-17(24-14)19-10(2)22/h3-8H,1-2H3,(H,20,23)(H,19,21,22). The van der Waals surface area contributed by atoms with E-state index in [1.165, 1.54) is 18.3 Å². The summed E-state index contributed by atoms with van der Waals surface area (Å²) in [5.74, 6) is -0.337. The number of hydrogen-bond acceptors (Lipinski definition) is 4. The van der Waals surface area contributed by atoms with Crippen LogP contribution in [0.4, 0.5) is 10.8 Å². The van der Waals surface area contributed by atoms with E-state index in [-0.39, 0.29) is 11.8 Å². The highest BCUT2D eigenvalue weighted by atomic mass is 79.9. The fourth-order valence-corrected chi connectivity index (χ4v) is 3.73. The molecule has 1 aromatic heterocycles. The van der Waals surface area contributed by atoms with E-state index in [0.29, 0.717) is 16.4 Å². The first kappa shape index (κ1) is 16.6. The second-order valence-corrected chi connectivity index (χ2v) is 7.25. The van der Waals surface area contributed by atoms with E-state index in [0.717, 1.165) is 20.3 Å². The molecule has 0 aliphatic heterocycles. The van der Waals surface area contributed by atoms with Gasteiger partial charge in [-0.2, -0.15) is 0 Å². The molecule has 0 aliphatic rings. The first-order chi connectivity index (χ1) is 11.4. The van der Waals surface area contributed by atoms with Gasteiger partial charge in [-0.05, 0) is 42.8 Å². The number of aromatic nitrogens is 1. The molecule has 0 unspecified atom stereocenters. The fraction of sp³-hybridized carbons (Fsp3) is 0.118. The van der Waals surface area contributed by atoms with Gasteiger partial charge >= 0.3 is 0 Å². The van der Waals surface area contributed by atoms with Crippen LogP contribution in [-0.4, -0.2) is 16.8 Å². The highest BCUT2D eigenvalue weighted by Crippen LogP contribution is 2.31. The molecule has 2 N–H and O–H groups in total. The number of nitrogens with zero attached hydrogens (tertiary/aromatic N) is 1. The van der Waals surface area contributed by atoms with Crippen LogP contribution >= 0.6 is 27.3 Å². The minimum Gasteiger partial charge on any atom is -0.322 e. The predicted molar refractivity (Wildman–Crippen MR) is 101 cm³/mol. The SMILES string of the molecule is CC(=O)Nc1nc2c(C)cc(NC(=O)c3cccc(Br)c3)cc2s1. The lowest BCUT2D eigenvalue weighted by Crippen LogP contribution is -2.11. The number of benzene rings is 2. The van der Waals surface area contributed by atoms with Crippen molar-refractivity contribution in [3.63, 3.8) is 0 Å². The van der Waals surface area contributed by atoms with Gasteiger partial charge in [0.05, 0.1) is 10.2 Å². The zero-order chi connectivity index (χ0) is 17.3. The van der Waals surface area contributed by atoms with Gasteiger partial charge in [0, 0.05) is 22.6 Å². The molecule has 24 heavy (non-hydrogen) atoms. The number of anilines is 2. The average Bonchev–Trinajstić information content (AvgIpc) is 2.89. The molecule has 0 atom stereocenters. The predicted octanol–water partition coefficient (Wildman–Crippen LogP) is 4.58. The third kappa shape index (κ3) is 3.63. The Labute approximate surface area is 151 Å². The van der Waals surface area contributed by atoms with E-state index in [4.69, 9.17) is 0 Å². The molecule has 2 aromatic carbocycles. The van der Waals surface area contributed by atoms with Crippen LogP contribution in [0.1, 0.15) is 22.8 Å². The maximum Gasteiger partial charge on any atom is 0.255 e. The molecule has 0 saturated heterocycles. The molecular weight excluding hydrogens is 390 g/mol. The second-order valence-electron chi connectivity index (χ2n) is 5.30. The van der Waals surface area contributed by atoms with Crippen LogP contribution in [0.5, 0.6) is 0 Å². The van der Waals surface area contributed by atoms with Crippen molar-refractivity contribution in [3.05, 3.63) is 52.0 Å². The van der Waals surface area contributed by atoms with Crippen LogP contribution in [0.2, 0.25) is 0 Å². The largest absolute Gasteiger partial charge is 0.322 e. The molecule has 0 radical (unpaired) electrons. The van der Waals surface area contributed by atoms with E-state index < -0.39 is 0 Å². The third-order valence-electron chi connectivity index (χ3n) is 3.31. The second kappa shape index (κ2) is 6.70. The van der Waals surface area contributed by atoms with Crippen molar-refractivity contribution in [2.45, 2.75) is 13.8 Å². The summed E-state index contributed by atoms with van der Waals surface area (Å²) >= 11 is 4.74. The lowest BCUT2D eigenvalue weighted by Gasteiger charge is -2.07. The van der Waals surface area contributed by atoms with E-state index in [1.807, 2.05) is 31.2 Å². The number of halogens is 1. The fourth-order valence-electron chi connectivity index (χ4n) is 2.31. The van der Waals surface area contributed by atoms with E-state index in [9.17, 15) is 9.59 Å². The van der Waals surface area contributed by atoms with Gasteiger partial charge in [-0.3, -0.25) is 9.59 Å². The Hall–Kier alpha value is -2.25. The highest BCUT2D eigenvalue weighted by Gasteiger charge is 2.11. The zero-order valence-corrected chi connectivity index (χ0v) is 15.4. The van der Waals surface area contributed by atoms with E-state index >= 15 is 0 Å².